The number of hydrogen-bond acceptors (Lipinski definition) is 6. The molecule has 0 bridgehead atoms. The van der Waals surface area contributed by atoms with Crippen LogP contribution >= 0.6 is 0 Å². The van der Waals surface area contributed by atoms with Gasteiger partial charge in [0, 0.05) is 17.4 Å². The number of carbonyl (C=O) groups is 2. The summed E-state index contributed by atoms with van der Waals surface area (Å²) in [6.45, 7) is 4.66. The second-order valence-electron chi connectivity index (χ2n) is 8.59. The Labute approximate surface area is 209 Å². The molecule has 0 saturated carbocycles. The first-order valence-corrected chi connectivity index (χ1v) is 12.7. The molecule has 186 valence electrons. The Balaban J connectivity index is 1.68. The molecule has 8 nitrogen and oxygen atoms in total. The number of nitriles is 1. The van der Waals surface area contributed by atoms with Crippen LogP contribution in [0.4, 0.5) is 15.9 Å². The highest BCUT2D eigenvalue weighted by Gasteiger charge is 2.33. The van der Waals surface area contributed by atoms with Crippen LogP contribution in [0.5, 0.6) is 0 Å². The molecule has 1 aromatic heterocycles. The zero-order valence-corrected chi connectivity index (χ0v) is 20.8. The van der Waals surface area contributed by atoms with E-state index in [9.17, 15) is 22.4 Å². The van der Waals surface area contributed by atoms with E-state index >= 15 is 0 Å². The van der Waals surface area contributed by atoms with Gasteiger partial charge in [-0.05, 0) is 55.8 Å². The van der Waals surface area contributed by atoms with Gasteiger partial charge in [-0.1, -0.05) is 25.1 Å². The van der Waals surface area contributed by atoms with Crippen molar-refractivity contribution in [3.8, 4) is 6.07 Å². The van der Waals surface area contributed by atoms with Gasteiger partial charge in [0.25, 0.3) is 0 Å². The second-order valence-corrected chi connectivity index (χ2v) is 10.9. The zero-order chi connectivity index (χ0) is 26.5. The number of halogens is 1. The van der Waals surface area contributed by atoms with Crippen molar-refractivity contribution >= 4 is 33.2 Å². The first-order chi connectivity index (χ1) is 17.0. The highest BCUT2D eigenvalue weighted by molar-refractivity contribution is 7.91. The summed E-state index contributed by atoms with van der Waals surface area (Å²) in [5, 5.41) is 14.2. The van der Waals surface area contributed by atoms with Crippen LogP contribution in [0.1, 0.15) is 37.5 Å². The van der Waals surface area contributed by atoms with Crippen molar-refractivity contribution in [1.29, 1.82) is 5.26 Å². The Hall–Kier alpha value is -4.10. The van der Waals surface area contributed by atoms with E-state index in [1.54, 1.807) is 32.9 Å². The lowest BCUT2D eigenvalue weighted by Gasteiger charge is -2.25. The van der Waals surface area contributed by atoms with Crippen molar-refractivity contribution in [2.45, 2.75) is 37.5 Å². The van der Waals surface area contributed by atoms with Crippen molar-refractivity contribution in [3.05, 3.63) is 83.3 Å². The van der Waals surface area contributed by atoms with Crippen LogP contribution in [0.2, 0.25) is 0 Å². The summed E-state index contributed by atoms with van der Waals surface area (Å²) in [6, 6.07) is 15.0. The predicted molar refractivity (Wildman–Crippen MR) is 134 cm³/mol. The van der Waals surface area contributed by atoms with Crippen molar-refractivity contribution < 1.29 is 22.4 Å². The molecule has 2 N–H and O–H groups in total. The van der Waals surface area contributed by atoms with E-state index in [0.717, 1.165) is 6.07 Å². The molecule has 10 heteroatoms. The molecule has 3 aromatic rings. The molecule has 0 fully saturated rings. The summed E-state index contributed by atoms with van der Waals surface area (Å²) in [4.78, 5) is 29.5. The molecule has 36 heavy (non-hydrogen) atoms. The van der Waals surface area contributed by atoms with Crippen molar-refractivity contribution in [2.24, 2.45) is 0 Å². The minimum absolute atomic E-state index is 0.0157. The third-order valence-electron chi connectivity index (χ3n) is 5.65. The second kappa shape index (κ2) is 10.7. The van der Waals surface area contributed by atoms with Gasteiger partial charge < -0.3 is 10.6 Å². The maximum Gasteiger partial charge on any atom is 0.235 e. The van der Waals surface area contributed by atoms with E-state index in [1.807, 2.05) is 6.07 Å². The molecule has 0 aliphatic rings. The van der Waals surface area contributed by atoms with E-state index in [-0.39, 0.29) is 34.1 Å². The van der Waals surface area contributed by atoms with Crippen molar-refractivity contribution in [2.75, 3.05) is 16.4 Å². The Bertz CT molecular complexity index is 1450. The maximum absolute atomic E-state index is 15.0. The Morgan fingerprint density at radius 1 is 1.06 bits per heavy atom. The molecule has 0 radical (unpaired) electrons. The van der Waals surface area contributed by atoms with Gasteiger partial charge in [0.15, 0.2) is 9.84 Å². The number of sulfone groups is 1. The summed E-state index contributed by atoms with van der Waals surface area (Å²) >= 11 is 0. The lowest BCUT2D eigenvalue weighted by molar-refractivity contribution is -0.120. The van der Waals surface area contributed by atoms with Gasteiger partial charge in [0.2, 0.25) is 11.8 Å². The van der Waals surface area contributed by atoms with Crippen LogP contribution in [-0.4, -0.2) is 31.0 Å². The number of amides is 2. The number of hydrogen-bond donors (Lipinski definition) is 2. The van der Waals surface area contributed by atoms with Crippen LogP contribution < -0.4 is 10.6 Å². The summed E-state index contributed by atoms with van der Waals surface area (Å²) < 4.78 is 38.8. The monoisotopic (exact) mass is 508 g/mol. The van der Waals surface area contributed by atoms with Gasteiger partial charge in [-0.15, -0.1) is 0 Å². The quantitative estimate of drug-likeness (QED) is 0.473. The third kappa shape index (κ3) is 6.12. The molecule has 1 heterocycles. The van der Waals surface area contributed by atoms with Crippen LogP contribution in [0.15, 0.2) is 65.7 Å². The predicted octanol–water partition coefficient (Wildman–Crippen LogP) is 3.98. The molecule has 0 spiro atoms. The molecule has 0 atom stereocenters. The number of anilines is 2. The van der Waals surface area contributed by atoms with E-state index in [4.69, 9.17) is 5.26 Å². The van der Waals surface area contributed by atoms with E-state index in [1.165, 1.54) is 42.6 Å². The van der Waals surface area contributed by atoms with Crippen LogP contribution in [0.3, 0.4) is 0 Å². The number of benzene rings is 2. The average Bonchev–Trinajstić information content (AvgIpc) is 2.84. The molecule has 0 aliphatic heterocycles. The topological polar surface area (TPSA) is 129 Å². The van der Waals surface area contributed by atoms with Crippen molar-refractivity contribution in [1.82, 2.24) is 4.98 Å². The third-order valence-corrected chi connectivity index (χ3v) is 7.40. The largest absolute Gasteiger partial charge is 0.326 e. The maximum atomic E-state index is 15.0. The smallest absolute Gasteiger partial charge is 0.235 e. The van der Waals surface area contributed by atoms with Crippen LogP contribution in [-0.2, 0) is 31.3 Å². The van der Waals surface area contributed by atoms with Gasteiger partial charge in [-0.2, -0.15) is 5.26 Å². The molecule has 3 rings (SSSR count). The first kappa shape index (κ1) is 26.5. The minimum atomic E-state index is -3.33. The number of aromatic nitrogens is 1. The number of nitrogens with zero attached hydrogens (tertiary/aromatic N) is 2. The van der Waals surface area contributed by atoms with E-state index in [2.05, 4.69) is 15.6 Å². The molecule has 2 amide bonds. The highest BCUT2D eigenvalue weighted by Crippen LogP contribution is 2.29. The number of pyridine rings is 1. The molecule has 0 saturated heterocycles. The molecule has 0 unspecified atom stereocenters. The van der Waals surface area contributed by atoms with Gasteiger partial charge in [-0.25, -0.2) is 17.8 Å². The van der Waals surface area contributed by atoms with Gasteiger partial charge in [0.1, 0.15) is 11.6 Å². The highest BCUT2D eigenvalue weighted by atomic mass is 32.2. The Morgan fingerprint density at radius 2 is 1.75 bits per heavy atom. The number of rotatable bonds is 8. The normalized spacial score (nSPS) is 11.4. The van der Waals surface area contributed by atoms with Crippen LogP contribution in [0, 0.1) is 17.1 Å². The van der Waals surface area contributed by atoms with Crippen molar-refractivity contribution in [3.63, 3.8) is 0 Å². The van der Waals surface area contributed by atoms with Gasteiger partial charge in [0.05, 0.1) is 34.1 Å². The fraction of sp³-hybridized carbons (Fsp3) is 0.231. The molecular weight excluding hydrogens is 483 g/mol. The minimum Gasteiger partial charge on any atom is -0.326 e. The lowest BCUT2D eigenvalue weighted by Crippen LogP contribution is -2.35. The fourth-order valence-electron chi connectivity index (χ4n) is 3.43. The molecule has 2 aromatic carbocycles. The zero-order valence-electron chi connectivity index (χ0n) is 20.0. The Morgan fingerprint density at radius 3 is 2.36 bits per heavy atom. The summed E-state index contributed by atoms with van der Waals surface area (Å²) in [7, 11) is -3.33. The molecule has 0 aliphatic carbocycles. The first-order valence-electron chi connectivity index (χ1n) is 11.1. The standard InChI is InChI=1S/C26H25FN4O4S/c1-4-36(34,35)20-8-5-17(6-9-20)14-24(32)30-19-7-10-21(22(27)15-19)26(2,3)25(33)31-23-13-18(16-28)11-12-29-23/h5-13,15H,4,14H2,1-3H3,(H,30,32)(H,29,31,33). The van der Waals surface area contributed by atoms with Gasteiger partial charge in [-0.3, -0.25) is 9.59 Å². The van der Waals surface area contributed by atoms with E-state index in [0.29, 0.717) is 11.1 Å². The molecular formula is C26H25FN4O4S. The summed E-state index contributed by atoms with van der Waals surface area (Å²) in [5.41, 5.74) is -0.0247. The SMILES string of the molecule is CCS(=O)(=O)c1ccc(CC(=O)Nc2ccc(C(C)(C)C(=O)Nc3cc(C#N)ccn3)c(F)c2)cc1. The Kier molecular flexibility index (Phi) is 7.85. The summed E-state index contributed by atoms with van der Waals surface area (Å²) in [6.07, 6.45) is 1.36. The fourth-order valence-corrected chi connectivity index (χ4v) is 4.32. The number of nitrogens with one attached hydrogen (secondary N) is 2. The average molecular weight is 509 g/mol. The lowest BCUT2D eigenvalue weighted by atomic mass is 9.83. The van der Waals surface area contributed by atoms with E-state index < -0.39 is 32.9 Å². The number of carbonyl (C=O) groups excluding carboxylic acids is 2. The van der Waals surface area contributed by atoms with Crippen LogP contribution in [0.25, 0.3) is 0 Å². The van der Waals surface area contributed by atoms with Gasteiger partial charge >= 0.3 is 0 Å². The summed E-state index contributed by atoms with van der Waals surface area (Å²) in [5.74, 6) is -1.45.